The summed E-state index contributed by atoms with van der Waals surface area (Å²) in [6.07, 6.45) is 2.55. The van der Waals surface area contributed by atoms with Crippen molar-refractivity contribution in [1.29, 1.82) is 0 Å². The van der Waals surface area contributed by atoms with E-state index < -0.39 is 17.8 Å². The Balaban J connectivity index is 1.54. The average molecular weight is 476 g/mol. The average Bonchev–Trinajstić information content (AvgIpc) is 3.37. The molecule has 4 rings (SSSR count). The number of ether oxygens (including phenoxy) is 1. The van der Waals surface area contributed by atoms with Crippen molar-refractivity contribution < 1.29 is 23.0 Å². The highest BCUT2D eigenvalue weighted by Gasteiger charge is 2.36. The Morgan fingerprint density at radius 2 is 1.97 bits per heavy atom. The van der Waals surface area contributed by atoms with Gasteiger partial charge in [0.25, 0.3) is 5.19 Å². The summed E-state index contributed by atoms with van der Waals surface area (Å²) in [5, 5.41) is 13.3. The van der Waals surface area contributed by atoms with Crippen molar-refractivity contribution in [1.82, 2.24) is 19.3 Å². The number of hydrogen-bond acceptors (Lipinski definition) is 9. The lowest BCUT2D eigenvalue weighted by atomic mass is 10.1. The van der Waals surface area contributed by atoms with Crippen molar-refractivity contribution in [3.63, 3.8) is 0 Å². The second-order valence-electron chi connectivity index (χ2n) is 7.63. The van der Waals surface area contributed by atoms with Crippen molar-refractivity contribution in [3.05, 3.63) is 18.0 Å². The Morgan fingerprint density at radius 3 is 2.61 bits per heavy atom. The van der Waals surface area contributed by atoms with Crippen LogP contribution in [0, 0.1) is 0 Å². The Kier molecular flexibility index (Phi) is 6.89. The fraction of sp³-hybridized carbons (Fsp3) is 0.632. The summed E-state index contributed by atoms with van der Waals surface area (Å²) in [6, 6.07) is 0.109. The minimum absolute atomic E-state index is 0.109. The third kappa shape index (κ3) is 5.41. The molecule has 2 aromatic heterocycles. The van der Waals surface area contributed by atoms with Gasteiger partial charge in [0.1, 0.15) is 11.7 Å². The van der Waals surface area contributed by atoms with Crippen LogP contribution < -0.4 is 10.1 Å². The molecule has 1 aliphatic heterocycles. The summed E-state index contributed by atoms with van der Waals surface area (Å²) < 4.78 is 48.8. The molecule has 31 heavy (non-hydrogen) atoms. The standard InChI is InChI=1S/C19H24F3N5O2S2/c1-30-27-7-5-11(6-8-27)25-17-23-9-12(19(20,21)22)16(26-17)15-10-24-18(31-15)29-14-4-2-3-13(14)28/h9-11,13-14,28H,2-8H2,1H3,(H,23,25,26)/t13-,14-/m1/s1. The van der Waals surface area contributed by atoms with E-state index in [-0.39, 0.29) is 33.9 Å². The summed E-state index contributed by atoms with van der Waals surface area (Å²) in [5.41, 5.74) is -1.13. The van der Waals surface area contributed by atoms with Gasteiger partial charge in [0, 0.05) is 25.3 Å². The summed E-state index contributed by atoms with van der Waals surface area (Å²) in [6.45, 7) is 1.80. The quantitative estimate of drug-likeness (QED) is 0.605. The fourth-order valence-electron chi connectivity index (χ4n) is 3.81. The van der Waals surface area contributed by atoms with Gasteiger partial charge in [0.2, 0.25) is 5.95 Å². The zero-order valence-electron chi connectivity index (χ0n) is 16.9. The van der Waals surface area contributed by atoms with E-state index >= 15 is 0 Å². The van der Waals surface area contributed by atoms with Gasteiger partial charge in [0.05, 0.1) is 22.9 Å². The molecule has 0 spiro atoms. The van der Waals surface area contributed by atoms with Crippen LogP contribution >= 0.6 is 23.3 Å². The Morgan fingerprint density at radius 1 is 1.19 bits per heavy atom. The molecule has 1 saturated carbocycles. The molecular weight excluding hydrogens is 451 g/mol. The van der Waals surface area contributed by atoms with Gasteiger partial charge in [0.15, 0.2) is 0 Å². The van der Waals surface area contributed by atoms with Gasteiger partial charge in [-0.25, -0.2) is 15.0 Å². The van der Waals surface area contributed by atoms with Gasteiger partial charge in [-0.05, 0) is 38.4 Å². The van der Waals surface area contributed by atoms with Gasteiger partial charge in [-0.1, -0.05) is 23.3 Å². The lowest BCUT2D eigenvalue weighted by Gasteiger charge is -2.30. The van der Waals surface area contributed by atoms with E-state index in [0.29, 0.717) is 12.8 Å². The number of nitrogens with zero attached hydrogens (tertiary/aromatic N) is 4. The lowest BCUT2D eigenvalue weighted by molar-refractivity contribution is -0.137. The van der Waals surface area contributed by atoms with E-state index in [4.69, 9.17) is 4.74 Å². The molecule has 0 radical (unpaired) electrons. The molecule has 170 valence electrons. The molecule has 0 amide bonds. The number of aliphatic hydroxyl groups is 1. The highest BCUT2D eigenvalue weighted by molar-refractivity contribution is 7.96. The van der Waals surface area contributed by atoms with Crippen LogP contribution in [0.2, 0.25) is 0 Å². The molecule has 2 aliphatic rings. The van der Waals surface area contributed by atoms with E-state index in [1.165, 1.54) is 6.20 Å². The number of anilines is 1. The smallest absolute Gasteiger partial charge is 0.420 e. The maximum atomic E-state index is 13.6. The number of rotatable bonds is 6. The van der Waals surface area contributed by atoms with Crippen molar-refractivity contribution in [2.75, 3.05) is 24.7 Å². The van der Waals surface area contributed by atoms with E-state index in [1.807, 2.05) is 6.26 Å². The van der Waals surface area contributed by atoms with Crippen molar-refractivity contribution >= 4 is 29.2 Å². The maximum absolute atomic E-state index is 13.6. The van der Waals surface area contributed by atoms with Crippen molar-refractivity contribution in [2.24, 2.45) is 0 Å². The predicted molar refractivity (Wildman–Crippen MR) is 114 cm³/mol. The summed E-state index contributed by atoms with van der Waals surface area (Å²) in [4.78, 5) is 12.5. The Bertz CT molecular complexity index is 890. The van der Waals surface area contributed by atoms with Crippen LogP contribution in [0.25, 0.3) is 10.6 Å². The number of thiazole rings is 1. The van der Waals surface area contributed by atoms with Gasteiger partial charge >= 0.3 is 6.18 Å². The topological polar surface area (TPSA) is 83.4 Å². The first kappa shape index (κ1) is 22.6. The van der Waals surface area contributed by atoms with Gasteiger partial charge < -0.3 is 15.2 Å². The number of hydrogen-bond donors (Lipinski definition) is 2. The number of aromatic nitrogens is 3. The molecule has 2 aromatic rings. The van der Waals surface area contributed by atoms with E-state index in [0.717, 1.165) is 49.9 Å². The minimum atomic E-state index is -4.59. The monoisotopic (exact) mass is 475 g/mol. The first-order chi connectivity index (χ1) is 14.8. The summed E-state index contributed by atoms with van der Waals surface area (Å²) >= 11 is 2.68. The largest absolute Gasteiger partial charge is 0.464 e. The molecule has 3 heterocycles. The lowest BCUT2D eigenvalue weighted by Crippen LogP contribution is -2.35. The zero-order chi connectivity index (χ0) is 22.0. The first-order valence-electron chi connectivity index (χ1n) is 10.1. The third-order valence-corrected chi connectivity index (χ3v) is 7.30. The molecule has 0 bridgehead atoms. The van der Waals surface area contributed by atoms with Crippen LogP contribution in [0.15, 0.2) is 12.4 Å². The highest BCUT2D eigenvalue weighted by Crippen LogP contribution is 2.40. The summed E-state index contributed by atoms with van der Waals surface area (Å²) in [5.74, 6) is 0.174. The first-order valence-corrected chi connectivity index (χ1v) is 12.1. The molecule has 2 atom stereocenters. The SMILES string of the molecule is CSN1CCC(Nc2ncc(C(F)(F)F)c(-c3cnc(O[C@@H]4CCC[C@H]4O)s3)n2)CC1. The van der Waals surface area contributed by atoms with Crippen LogP contribution in [0.5, 0.6) is 5.19 Å². The predicted octanol–water partition coefficient (Wildman–Crippen LogP) is 4.07. The summed E-state index contributed by atoms with van der Waals surface area (Å²) in [7, 11) is 0. The van der Waals surface area contributed by atoms with Gasteiger partial charge in [-0.15, -0.1) is 0 Å². The minimum Gasteiger partial charge on any atom is -0.464 e. The van der Waals surface area contributed by atoms with Crippen molar-refractivity contribution in [3.8, 4) is 15.8 Å². The normalized spacial score (nSPS) is 23.3. The van der Waals surface area contributed by atoms with Crippen LogP contribution in [0.1, 0.15) is 37.7 Å². The fourth-order valence-corrected chi connectivity index (χ4v) is 5.21. The molecule has 2 fully saturated rings. The molecule has 0 aromatic carbocycles. The van der Waals surface area contributed by atoms with E-state index in [9.17, 15) is 18.3 Å². The zero-order valence-corrected chi connectivity index (χ0v) is 18.6. The van der Waals surface area contributed by atoms with Crippen LogP contribution in [-0.2, 0) is 6.18 Å². The molecule has 7 nitrogen and oxygen atoms in total. The van der Waals surface area contributed by atoms with Crippen LogP contribution in [0.4, 0.5) is 19.1 Å². The Hall–Kier alpha value is -1.63. The number of nitrogens with one attached hydrogen (secondary N) is 1. The molecule has 12 heteroatoms. The number of aliphatic hydroxyl groups excluding tert-OH is 1. The van der Waals surface area contributed by atoms with Gasteiger partial charge in [-0.3, -0.25) is 4.31 Å². The second-order valence-corrected chi connectivity index (χ2v) is 9.50. The van der Waals surface area contributed by atoms with Gasteiger partial charge in [-0.2, -0.15) is 13.2 Å². The van der Waals surface area contributed by atoms with Crippen LogP contribution in [-0.4, -0.2) is 62.0 Å². The highest BCUT2D eigenvalue weighted by atomic mass is 32.2. The Labute approximate surface area is 186 Å². The number of alkyl halides is 3. The van der Waals surface area contributed by atoms with E-state index in [2.05, 4.69) is 24.6 Å². The molecule has 0 unspecified atom stereocenters. The van der Waals surface area contributed by atoms with Crippen molar-refractivity contribution in [2.45, 2.75) is 56.5 Å². The molecular formula is C19H24F3N5O2S2. The maximum Gasteiger partial charge on any atom is 0.420 e. The van der Waals surface area contributed by atoms with E-state index in [1.54, 1.807) is 11.9 Å². The number of piperidine rings is 1. The third-order valence-electron chi connectivity index (χ3n) is 5.53. The second kappa shape index (κ2) is 9.47. The molecule has 1 saturated heterocycles. The molecule has 2 N–H and O–H groups in total. The number of halogens is 3. The van der Waals surface area contributed by atoms with Crippen LogP contribution in [0.3, 0.4) is 0 Å². The molecule has 1 aliphatic carbocycles.